The molecule has 172 valence electrons. The van der Waals surface area contributed by atoms with E-state index >= 15 is 0 Å². The Morgan fingerprint density at radius 2 is 2.06 bits per heavy atom. The first-order valence-corrected chi connectivity index (χ1v) is 11.0. The number of hydrogen-bond acceptors (Lipinski definition) is 9. The summed E-state index contributed by atoms with van der Waals surface area (Å²) in [6.45, 7) is 5.97. The van der Waals surface area contributed by atoms with Crippen molar-refractivity contribution in [2.24, 2.45) is 0 Å². The maximum Gasteiger partial charge on any atom is 0.340 e. The maximum atomic E-state index is 12.1. The predicted octanol–water partition coefficient (Wildman–Crippen LogP) is 4.08. The molecule has 0 bridgehead atoms. The van der Waals surface area contributed by atoms with Crippen molar-refractivity contribution in [3.05, 3.63) is 60.0 Å². The van der Waals surface area contributed by atoms with Crippen LogP contribution in [0.15, 0.2) is 47.2 Å². The number of esters is 1. The van der Waals surface area contributed by atoms with Gasteiger partial charge in [-0.05, 0) is 37.4 Å². The lowest BCUT2D eigenvalue weighted by Gasteiger charge is -2.09. The number of hydrogen-bond donors (Lipinski definition) is 2. The molecule has 5 aromatic rings. The van der Waals surface area contributed by atoms with Crippen molar-refractivity contribution in [1.29, 1.82) is 0 Å². The Morgan fingerprint density at radius 3 is 2.85 bits per heavy atom. The summed E-state index contributed by atoms with van der Waals surface area (Å²) in [4.78, 5) is 33.0. The standard InChI is InChI=1S/C24H23N7O3/c1-13(2)33-24(32)17-11-19-23(27-12-17)30-20(29-19)7-9-26-22-18-10-16(21-28-14(3)34-31-21)5-4-15(18)6-8-25-22/h4-6,8,10-13H,7,9H2,1-3H3,(H,25,26)(H,27,29,30). The molecule has 0 saturated carbocycles. The Morgan fingerprint density at radius 1 is 1.18 bits per heavy atom. The number of carbonyl (C=O) groups is 1. The third-order valence-electron chi connectivity index (χ3n) is 5.17. The Kier molecular flexibility index (Phi) is 5.62. The minimum Gasteiger partial charge on any atom is -0.459 e. The first kappa shape index (κ1) is 21.5. The molecule has 0 radical (unpaired) electrons. The number of benzene rings is 1. The van der Waals surface area contributed by atoms with Crippen molar-refractivity contribution < 1.29 is 14.1 Å². The zero-order valence-electron chi connectivity index (χ0n) is 19.0. The van der Waals surface area contributed by atoms with Crippen molar-refractivity contribution in [2.75, 3.05) is 11.9 Å². The maximum absolute atomic E-state index is 12.1. The molecule has 0 unspecified atom stereocenters. The summed E-state index contributed by atoms with van der Waals surface area (Å²) in [5, 5.41) is 9.40. The summed E-state index contributed by atoms with van der Waals surface area (Å²) in [6, 6.07) is 9.61. The van der Waals surface area contributed by atoms with E-state index in [4.69, 9.17) is 9.26 Å². The number of aryl methyl sites for hydroxylation is 1. The molecule has 4 aromatic heterocycles. The second-order valence-corrected chi connectivity index (χ2v) is 8.14. The highest BCUT2D eigenvalue weighted by Gasteiger charge is 2.13. The molecule has 2 N–H and O–H groups in total. The number of H-pyrrole nitrogens is 1. The molecule has 5 rings (SSSR count). The number of pyridine rings is 2. The molecule has 10 nitrogen and oxygen atoms in total. The van der Waals surface area contributed by atoms with Gasteiger partial charge in [0.2, 0.25) is 11.7 Å². The van der Waals surface area contributed by atoms with Gasteiger partial charge in [0.05, 0.1) is 11.7 Å². The van der Waals surface area contributed by atoms with Crippen LogP contribution in [0.25, 0.3) is 33.3 Å². The largest absolute Gasteiger partial charge is 0.459 e. The van der Waals surface area contributed by atoms with Crippen LogP contribution in [-0.4, -0.2) is 48.7 Å². The predicted molar refractivity (Wildman–Crippen MR) is 126 cm³/mol. The van der Waals surface area contributed by atoms with Gasteiger partial charge in [-0.15, -0.1) is 0 Å². The van der Waals surface area contributed by atoms with Crippen molar-refractivity contribution in [3.63, 3.8) is 0 Å². The van der Waals surface area contributed by atoms with Gasteiger partial charge in [0.1, 0.15) is 17.2 Å². The fourth-order valence-corrected chi connectivity index (χ4v) is 3.62. The van der Waals surface area contributed by atoms with Crippen LogP contribution >= 0.6 is 0 Å². The molecule has 0 aliphatic rings. The second kappa shape index (κ2) is 8.89. The van der Waals surface area contributed by atoms with Crippen molar-refractivity contribution >= 4 is 33.7 Å². The average Bonchev–Trinajstić information content (AvgIpc) is 3.43. The summed E-state index contributed by atoms with van der Waals surface area (Å²) in [7, 11) is 0. The van der Waals surface area contributed by atoms with Crippen LogP contribution < -0.4 is 5.32 Å². The Hall–Kier alpha value is -4.34. The molecule has 0 amide bonds. The molecule has 4 heterocycles. The smallest absolute Gasteiger partial charge is 0.340 e. The van der Waals surface area contributed by atoms with Gasteiger partial charge in [0, 0.05) is 43.2 Å². The van der Waals surface area contributed by atoms with Crippen LogP contribution in [0.1, 0.15) is 35.9 Å². The summed E-state index contributed by atoms with van der Waals surface area (Å²) >= 11 is 0. The van der Waals surface area contributed by atoms with Crippen molar-refractivity contribution in [2.45, 2.75) is 33.3 Å². The number of fused-ring (bicyclic) bond motifs is 2. The van der Waals surface area contributed by atoms with E-state index in [0.29, 0.717) is 41.4 Å². The van der Waals surface area contributed by atoms with Gasteiger partial charge in [-0.2, -0.15) is 4.98 Å². The molecule has 0 spiro atoms. The summed E-state index contributed by atoms with van der Waals surface area (Å²) in [6.07, 6.45) is 3.69. The number of carbonyl (C=O) groups excluding carboxylic acids is 1. The van der Waals surface area contributed by atoms with E-state index in [1.54, 1.807) is 33.0 Å². The van der Waals surface area contributed by atoms with Gasteiger partial charge in [0.25, 0.3) is 0 Å². The van der Waals surface area contributed by atoms with Crippen LogP contribution in [0.4, 0.5) is 5.82 Å². The number of nitrogens with one attached hydrogen (secondary N) is 2. The Balaban J connectivity index is 1.31. The van der Waals surface area contributed by atoms with E-state index in [0.717, 1.165) is 28.0 Å². The zero-order chi connectivity index (χ0) is 23.7. The first-order valence-electron chi connectivity index (χ1n) is 11.0. The van der Waals surface area contributed by atoms with Crippen molar-refractivity contribution in [1.82, 2.24) is 30.1 Å². The fourth-order valence-electron chi connectivity index (χ4n) is 3.62. The SMILES string of the molecule is Cc1nc(-c2ccc3ccnc(NCCc4nc5cc(C(=O)OC(C)C)cnc5[nH]4)c3c2)no1. The molecule has 0 aliphatic carbocycles. The topological polar surface area (TPSA) is 132 Å². The highest BCUT2D eigenvalue weighted by atomic mass is 16.5. The van der Waals surface area contributed by atoms with E-state index in [2.05, 4.69) is 35.4 Å². The van der Waals surface area contributed by atoms with Crippen LogP contribution in [0.3, 0.4) is 0 Å². The molecular formula is C24H23N7O3. The Bertz CT molecular complexity index is 1490. The monoisotopic (exact) mass is 457 g/mol. The quantitative estimate of drug-likeness (QED) is 0.347. The Labute approximate surface area is 194 Å². The normalized spacial score (nSPS) is 11.4. The molecule has 34 heavy (non-hydrogen) atoms. The molecule has 1 aromatic carbocycles. The first-order chi connectivity index (χ1) is 16.5. The molecule has 10 heteroatoms. The zero-order valence-corrected chi connectivity index (χ0v) is 19.0. The minimum absolute atomic E-state index is 0.195. The number of anilines is 1. The van der Waals surface area contributed by atoms with E-state index in [9.17, 15) is 4.79 Å². The number of nitrogens with zero attached hydrogens (tertiary/aromatic N) is 5. The van der Waals surface area contributed by atoms with E-state index in [1.165, 1.54) is 6.20 Å². The number of ether oxygens (including phenoxy) is 1. The molecular weight excluding hydrogens is 434 g/mol. The van der Waals surface area contributed by atoms with Gasteiger partial charge < -0.3 is 19.6 Å². The van der Waals surface area contributed by atoms with Gasteiger partial charge in [-0.3, -0.25) is 0 Å². The molecule has 0 fully saturated rings. The van der Waals surface area contributed by atoms with Gasteiger partial charge in [0.15, 0.2) is 5.65 Å². The van der Waals surface area contributed by atoms with Crippen molar-refractivity contribution in [3.8, 4) is 11.4 Å². The van der Waals surface area contributed by atoms with Crippen LogP contribution in [0.2, 0.25) is 0 Å². The van der Waals surface area contributed by atoms with E-state index in [-0.39, 0.29) is 6.10 Å². The highest BCUT2D eigenvalue weighted by molar-refractivity contribution is 5.94. The fraction of sp³-hybridized carbons (Fsp3) is 0.250. The highest BCUT2D eigenvalue weighted by Crippen LogP contribution is 2.26. The van der Waals surface area contributed by atoms with E-state index in [1.807, 2.05) is 24.3 Å². The third-order valence-corrected chi connectivity index (χ3v) is 5.17. The number of imidazole rings is 1. The summed E-state index contributed by atoms with van der Waals surface area (Å²) in [5.41, 5.74) is 2.48. The average molecular weight is 457 g/mol. The number of rotatable bonds is 7. The second-order valence-electron chi connectivity index (χ2n) is 8.14. The van der Waals surface area contributed by atoms with E-state index < -0.39 is 5.97 Å². The van der Waals surface area contributed by atoms with Crippen LogP contribution in [0, 0.1) is 6.92 Å². The number of aromatic amines is 1. The third kappa shape index (κ3) is 4.42. The van der Waals surface area contributed by atoms with Crippen LogP contribution in [-0.2, 0) is 11.2 Å². The lowest BCUT2D eigenvalue weighted by atomic mass is 10.1. The molecule has 0 atom stereocenters. The molecule has 0 aliphatic heterocycles. The van der Waals surface area contributed by atoms with Gasteiger partial charge in [-0.25, -0.2) is 19.7 Å². The number of aromatic nitrogens is 6. The minimum atomic E-state index is -0.409. The van der Waals surface area contributed by atoms with Crippen LogP contribution in [0.5, 0.6) is 0 Å². The summed E-state index contributed by atoms with van der Waals surface area (Å²) in [5.74, 6) is 2.16. The summed E-state index contributed by atoms with van der Waals surface area (Å²) < 4.78 is 10.3. The van der Waals surface area contributed by atoms with Gasteiger partial charge in [-0.1, -0.05) is 17.3 Å². The van der Waals surface area contributed by atoms with Gasteiger partial charge >= 0.3 is 5.97 Å². The lowest BCUT2D eigenvalue weighted by Crippen LogP contribution is -2.11. The lowest BCUT2D eigenvalue weighted by molar-refractivity contribution is 0.0377. The molecule has 0 saturated heterocycles.